The lowest BCUT2D eigenvalue weighted by molar-refractivity contribution is 0.0694. The Labute approximate surface area is 148 Å². The number of rotatable bonds is 4. The molecule has 0 saturated heterocycles. The van der Waals surface area contributed by atoms with Crippen LogP contribution >= 0.6 is 0 Å². The van der Waals surface area contributed by atoms with Crippen LogP contribution in [-0.4, -0.2) is 38.5 Å². The normalized spacial score (nSPS) is 10.7. The topological polar surface area (TPSA) is 120 Å². The Balaban J connectivity index is 2.13. The fraction of sp³-hybridized carbons (Fsp3) is 0.0526. The summed E-state index contributed by atoms with van der Waals surface area (Å²) in [4.78, 5) is 15.5. The van der Waals surface area contributed by atoms with E-state index in [1.165, 1.54) is 25.3 Å². The molecule has 0 radical (unpaired) electrons. The Bertz CT molecular complexity index is 1060. The number of nitrogens with zero attached hydrogens (tertiary/aromatic N) is 1. The van der Waals surface area contributed by atoms with E-state index < -0.39 is 11.7 Å². The lowest BCUT2D eigenvalue weighted by Gasteiger charge is -2.12. The average Bonchev–Trinajstić information content (AvgIpc) is 2.63. The van der Waals surface area contributed by atoms with Crippen molar-refractivity contribution in [3.05, 3.63) is 59.8 Å². The van der Waals surface area contributed by atoms with Crippen LogP contribution in [0.2, 0.25) is 0 Å². The maximum atomic E-state index is 11.2. The number of aromatic carboxylic acids is 1. The lowest BCUT2D eigenvalue weighted by atomic mass is 10.0. The second-order valence-corrected chi connectivity index (χ2v) is 5.56. The van der Waals surface area contributed by atoms with E-state index in [-0.39, 0.29) is 28.3 Å². The molecule has 7 nitrogen and oxygen atoms in total. The first kappa shape index (κ1) is 17.1. The van der Waals surface area contributed by atoms with Crippen molar-refractivity contribution in [3.8, 4) is 23.0 Å². The summed E-state index contributed by atoms with van der Waals surface area (Å²) in [5.74, 6) is -2.39. The van der Waals surface area contributed by atoms with Gasteiger partial charge in [-0.25, -0.2) is 9.78 Å². The van der Waals surface area contributed by atoms with E-state index in [1.54, 1.807) is 18.2 Å². The second-order valence-electron chi connectivity index (χ2n) is 5.56. The smallest absolute Gasteiger partial charge is 0.339 e. The van der Waals surface area contributed by atoms with Gasteiger partial charge in [0.25, 0.3) is 0 Å². The van der Waals surface area contributed by atoms with Crippen molar-refractivity contribution in [1.82, 2.24) is 4.98 Å². The number of hydrogen-bond donors (Lipinski definition) is 4. The lowest BCUT2D eigenvalue weighted by Crippen LogP contribution is -1.99. The van der Waals surface area contributed by atoms with E-state index in [9.17, 15) is 20.1 Å². The largest absolute Gasteiger partial charge is 0.505 e. The molecule has 0 fully saturated rings. The van der Waals surface area contributed by atoms with Crippen molar-refractivity contribution in [3.63, 3.8) is 0 Å². The summed E-state index contributed by atoms with van der Waals surface area (Å²) in [6, 6.07) is 8.97. The van der Waals surface area contributed by atoms with Gasteiger partial charge < -0.3 is 25.2 Å². The molecule has 0 aliphatic rings. The molecule has 0 aliphatic carbocycles. The molecule has 0 atom stereocenters. The number of carboxylic acid groups (broad SMARTS) is 1. The van der Waals surface area contributed by atoms with Crippen LogP contribution in [0.4, 0.5) is 0 Å². The molecule has 132 valence electrons. The summed E-state index contributed by atoms with van der Waals surface area (Å²) < 4.78 is 5.01. The van der Waals surface area contributed by atoms with Crippen molar-refractivity contribution in [1.29, 1.82) is 0 Å². The molecule has 0 unspecified atom stereocenters. The number of fused-ring (bicyclic) bond motifs is 1. The molecule has 1 aromatic heterocycles. The van der Waals surface area contributed by atoms with Crippen molar-refractivity contribution in [2.24, 2.45) is 0 Å². The van der Waals surface area contributed by atoms with Gasteiger partial charge >= 0.3 is 5.97 Å². The van der Waals surface area contributed by atoms with Crippen LogP contribution in [0.1, 0.15) is 21.6 Å². The maximum absolute atomic E-state index is 11.2. The van der Waals surface area contributed by atoms with Gasteiger partial charge in [0.05, 0.1) is 12.8 Å². The van der Waals surface area contributed by atoms with Crippen LogP contribution in [0.3, 0.4) is 0 Å². The van der Waals surface area contributed by atoms with Gasteiger partial charge in [0.15, 0.2) is 17.2 Å². The number of phenols is 3. The van der Waals surface area contributed by atoms with Gasteiger partial charge in [-0.3, -0.25) is 0 Å². The van der Waals surface area contributed by atoms with Crippen molar-refractivity contribution in [2.45, 2.75) is 0 Å². The number of pyridine rings is 1. The van der Waals surface area contributed by atoms with E-state index in [0.29, 0.717) is 22.2 Å². The Kier molecular flexibility index (Phi) is 4.13. The standard InChI is InChI=1S/C19H15NO6/c1-9(11-7-14(21)18(23)15(8-11)26-2)13-6-4-10-3-5-12(19(24)25)17(22)16(10)20-13/h3-8,21-23H,1H2,2H3,(H,24,25). The van der Waals surface area contributed by atoms with Gasteiger partial charge in [-0.15, -0.1) is 0 Å². The number of carbonyl (C=O) groups is 1. The SMILES string of the molecule is C=C(c1cc(O)c(O)c(OC)c1)c1ccc2ccc(C(=O)O)c(O)c2n1. The Hall–Kier alpha value is -3.74. The maximum Gasteiger partial charge on any atom is 0.339 e. The van der Waals surface area contributed by atoms with E-state index in [4.69, 9.17) is 9.84 Å². The first-order valence-corrected chi connectivity index (χ1v) is 7.49. The zero-order chi connectivity index (χ0) is 19.0. The predicted molar refractivity (Wildman–Crippen MR) is 94.8 cm³/mol. The summed E-state index contributed by atoms with van der Waals surface area (Å²) in [5, 5.41) is 39.4. The summed E-state index contributed by atoms with van der Waals surface area (Å²) in [6.07, 6.45) is 0. The number of aromatic hydroxyl groups is 3. The van der Waals surface area contributed by atoms with Crippen LogP contribution in [0.5, 0.6) is 23.0 Å². The molecule has 26 heavy (non-hydrogen) atoms. The number of carboxylic acids is 1. The van der Waals surface area contributed by atoms with Crippen molar-refractivity contribution >= 4 is 22.4 Å². The number of phenolic OH excluding ortho intramolecular Hbond substituents is 2. The third-order valence-corrected chi connectivity index (χ3v) is 4.00. The zero-order valence-corrected chi connectivity index (χ0v) is 13.7. The predicted octanol–water partition coefficient (Wildman–Crippen LogP) is 3.12. The molecule has 3 rings (SSSR count). The molecule has 0 spiro atoms. The molecule has 0 aliphatic heterocycles. The zero-order valence-electron chi connectivity index (χ0n) is 13.7. The van der Waals surface area contributed by atoms with Crippen molar-refractivity contribution < 1.29 is 30.0 Å². The fourth-order valence-electron chi connectivity index (χ4n) is 2.59. The summed E-state index contributed by atoms with van der Waals surface area (Å²) in [7, 11) is 1.35. The Morgan fingerprint density at radius 2 is 1.77 bits per heavy atom. The number of ether oxygens (including phenoxy) is 1. The molecular weight excluding hydrogens is 338 g/mol. The number of benzene rings is 2. The Morgan fingerprint density at radius 3 is 2.42 bits per heavy atom. The highest BCUT2D eigenvalue weighted by molar-refractivity contribution is 5.99. The molecule has 2 aromatic carbocycles. The minimum Gasteiger partial charge on any atom is -0.505 e. The molecule has 7 heteroatoms. The Morgan fingerprint density at radius 1 is 1.08 bits per heavy atom. The fourth-order valence-corrected chi connectivity index (χ4v) is 2.59. The monoisotopic (exact) mass is 353 g/mol. The van der Waals surface area contributed by atoms with Crippen LogP contribution in [0.25, 0.3) is 16.5 Å². The van der Waals surface area contributed by atoms with E-state index >= 15 is 0 Å². The third-order valence-electron chi connectivity index (χ3n) is 4.00. The van der Waals surface area contributed by atoms with Crippen LogP contribution in [0.15, 0.2) is 43.0 Å². The first-order chi connectivity index (χ1) is 12.3. The molecular formula is C19H15NO6. The summed E-state index contributed by atoms with van der Waals surface area (Å²) in [6.45, 7) is 3.93. The van der Waals surface area contributed by atoms with Gasteiger partial charge in [-0.2, -0.15) is 0 Å². The second kappa shape index (κ2) is 6.29. The summed E-state index contributed by atoms with van der Waals surface area (Å²) in [5.41, 5.74) is 1.07. The average molecular weight is 353 g/mol. The molecule has 3 aromatic rings. The molecule has 4 N–H and O–H groups in total. The summed E-state index contributed by atoms with van der Waals surface area (Å²) >= 11 is 0. The molecule has 0 bridgehead atoms. The minimum atomic E-state index is -1.26. The van der Waals surface area contributed by atoms with E-state index in [2.05, 4.69) is 11.6 Å². The van der Waals surface area contributed by atoms with Gasteiger partial charge in [-0.05, 0) is 29.8 Å². The number of hydrogen-bond acceptors (Lipinski definition) is 6. The minimum absolute atomic E-state index is 0.0675. The van der Waals surface area contributed by atoms with Gasteiger partial charge in [0.1, 0.15) is 11.1 Å². The quantitative estimate of drug-likeness (QED) is 0.532. The van der Waals surface area contributed by atoms with Gasteiger partial charge in [0.2, 0.25) is 5.75 Å². The first-order valence-electron chi connectivity index (χ1n) is 7.49. The van der Waals surface area contributed by atoms with E-state index in [1.807, 2.05) is 0 Å². The van der Waals surface area contributed by atoms with Crippen LogP contribution in [0, 0.1) is 0 Å². The van der Waals surface area contributed by atoms with Gasteiger partial charge in [-0.1, -0.05) is 18.7 Å². The third kappa shape index (κ3) is 2.75. The number of aromatic nitrogens is 1. The molecule has 0 amide bonds. The highest BCUT2D eigenvalue weighted by Gasteiger charge is 2.16. The molecule has 0 saturated carbocycles. The van der Waals surface area contributed by atoms with Crippen LogP contribution in [-0.2, 0) is 0 Å². The number of methoxy groups -OCH3 is 1. The highest BCUT2D eigenvalue weighted by atomic mass is 16.5. The van der Waals surface area contributed by atoms with Crippen LogP contribution < -0.4 is 4.74 Å². The van der Waals surface area contributed by atoms with E-state index in [0.717, 1.165) is 0 Å². The van der Waals surface area contributed by atoms with Crippen molar-refractivity contribution in [2.75, 3.05) is 7.11 Å². The van der Waals surface area contributed by atoms with Gasteiger partial charge in [0, 0.05) is 11.0 Å². The molecule has 1 heterocycles. The highest BCUT2D eigenvalue weighted by Crippen LogP contribution is 2.39.